The lowest BCUT2D eigenvalue weighted by atomic mass is 9.81. The quantitative estimate of drug-likeness (QED) is 0.0730. The molecule has 2 saturated carbocycles. The van der Waals surface area contributed by atoms with Crippen LogP contribution in [0.3, 0.4) is 0 Å². The molecule has 17 heteroatoms. The number of alkyl halides is 2. The van der Waals surface area contributed by atoms with Crippen LogP contribution in [0.15, 0.2) is 42.9 Å². The van der Waals surface area contributed by atoms with E-state index in [0.29, 0.717) is 30.4 Å². The number of likely N-dealkylation sites (tertiary alicyclic amines) is 1. The van der Waals surface area contributed by atoms with Gasteiger partial charge in [-0.2, -0.15) is 10.2 Å². The minimum absolute atomic E-state index is 0.0104. The number of amides is 3. The van der Waals surface area contributed by atoms with Crippen LogP contribution in [0.4, 0.5) is 20.3 Å². The predicted molar refractivity (Wildman–Crippen MR) is 233 cm³/mol. The zero-order valence-corrected chi connectivity index (χ0v) is 36.5. The Morgan fingerprint density at radius 2 is 1.80 bits per heavy atom. The summed E-state index contributed by atoms with van der Waals surface area (Å²) in [6, 6.07) is 7.53. The molecule has 4 atom stereocenters. The first kappa shape index (κ1) is 44.1. The summed E-state index contributed by atoms with van der Waals surface area (Å²) in [6.45, 7) is 3.54. The lowest BCUT2D eigenvalue weighted by Crippen LogP contribution is -2.44. The molecule has 6 heterocycles. The molecule has 3 amide bonds. The maximum Gasteiger partial charge on any atom is 0.282 e. The van der Waals surface area contributed by atoms with Crippen LogP contribution in [0.5, 0.6) is 0 Å². The molecule has 15 nitrogen and oxygen atoms in total. The maximum absolute atomic E-state index is 14.3. The van der Waals surface area contributed by atoms with Crippen molar-refractivity contribution in [2.75, 3.05) is 43.5 Å². The standard InChI is InChI=1S/C47H59F2N9O6/c1-55-43-29(6-4-8-33(43)41(47(55)63)34-15-16-40(61)53-46(34)62)7-5-23-64-32-17-20-56(21-18-32)26-28-11-13-31(14-12-28)58-27-30(42(54-58)44(48)49)24-38(60)35-25-50-57-22-19-39(52-45(35)57)51-36-9-2-3-10-37(36)59/h4,6,8,19,22,25,27-28,31-32,34,36-37,41,44,59H,2-3,5,7,9-18,20-21,23-24,26H2,1H3,(H,51,52)(H,53,61,62)/t28?,31?,34?,36-,37+,41?/m1/s1. The normalized spacial score (nSPS) is 25.9. The van der Waals surface area contributed by atoms with Crippen molar-refractivity contribution in [3.63, 3.8) is 0 Å². The van der Waals surface area contributed by atoms with Crippen molar-refractivity contribution in [3.8, 4) is 0 Å². The number of nitrogens with zero attached hydrogens (tertiary/aromatic N) is 7. The zero-order chi connectivity index (χ0) is 44.5. The average Bonchev–Trinajstić information content (AvgIpc) is 3.98. The molecule has 2 unspecified atom stereocenters. The molecule has 2 saturated heterocycles. The van der Waals surface area contributed by atoms with Gasteiger partial charge in [0.15, 0.2) is 11.4 Å². The third-order valence-electron chi connectivity index (χ3n) is 14.4. The molecule has 2 aliphatic carbocycles. The number of para-hydroxylation sites is 1. The van der Waals surface area contributed by atoms with Crippen molar-refractivity contribution >= 4 is 40.7 Å². The number of hydrogen-bond donors (Lipinski definition) is 3. The van der Waals surface area contributed by atoms with Crippen molar-refractivity contribution in [1.29, 1.82) is 0 Å². The van der Waals surface area contributed by atoms with Gasteiger partial charge in [-0.05, 0) is 93.7 Å². The summed E-state index contributed by atoms with van der Waals surface area (Å²) in [5, 5.41) is 24.7. The smallest absolute Gasteiger partial charge is 0.282 e. The Kier molecular flexibility index (Phi) is 13.2. The fraction of sp³-hybridized carbons (Fsp3) is 0.596. The number of fused-ring (bicyclic) bond motifs is 2. The first-order valence-electron chi connectivity index (χ1n) is 23.3. The number of anilines is 2. The van der Waals surface area contributed by atoms with E-state index in [1.165, 1.54) is 10.7 Å². The number of aliphatic hydroxyl groups excluding tert-OH is 1. The third-order valence-corrected chi connectivity index (χ3v) is 14.4. The van der Waals surface area contributed by atoms with E-state index in [9.17, 15) is 33.1 Å². The number of nitrogens with one attached hydrogen (secondary N) is 2. The van der Waals surface area contributed by atoms with E-state index >= 15 is 0 Å². The maximum atomic E-state index is 14.3. The van der Waals surface area contributed by atoms with Crippen LogP contribution < -0.4 is 15.5 Å². The predicted octanol–water partition coefficient (Wildman–Crippen LogP) is 5.96. The van der Waals surface area contributed by atoms with Gasteiger partial charge in [-0.25, -0.2) is 18.3 Å². The highest BCUT2D eigenvalue weighted by Gasteiger charge is 2.45. The first-order chi connectivity index (χ1) is 31.0. The number of carbonyl (C=O) groups excluding carboxylic acids is 4. The van der Waals surface area contributed by atoms with E-state index in [1.54, 1.807) is 35.1 Å². The number of rotatable bonds is 15. The number of likely N-dealkylation sites (N-methyl/N-ethyl adjacent to an activating group) is 1. The summed E-state index contributed by atoms with van der Waals surface area (Å²) in [4.78, 5) is 60.2. The number of ether oxygens (including phenoxy) is 1. The third kappa shape index (κ3) is 9.34. The van der Waals surface area contributed by atoms with Gasteiger partial charge in [0.2, 0.25) is 17.7 Å². The van der Waals surface area contributed by atoms with E-state index in [4.69, 9.17) is 4.74 Å². The lowest BCUT2D eigenvalue weighted by molar-refractivity contribution is -0.139. The average molecular weight is 884 g/mol. The number of benzene rings is 1. The highest BCUT2D eigenvalue weighted by molar-refractivity contribution is 6.09. The van der Waals surface area contributed by atoms with Gasteiger partial charge in [0.1, 0.15) is 11.5 Å². The summed E-state index contributed by atoms with van der Waals surface area (Å²) in [5.41, 5.74) is 3.25. The van der Waals surface area contributed by atoms with Gasteiger partial charge in [-0.1, -0.05) is 31.0 Å². The van der Waals surface area contributed by atoms with Crippen molar-refractivity contribution in [1.82, 2.24) is 34.6 Å². The van der Waals surface area contributed by atoms with Gasteiger partial charge in [-0.3, -0.25) is 29.2 Å². The molecule has 5 aliphatic rings. The van der Waals surface area contributed by atoms with Gasteiger partial charge in [-0.15, -0.1) is 0 Å². The monoisotopic (exact) mass is 883 g/mol. The molecule has 0 spiro atoms. The Balaban J connectivity index is 0.720. The van der Waals surface area contributed by atoms with Crippen LogP contribution in [0, 0.1) is 11.8 Å². The van der Waals surface area contributed by atoms with Crippen molar-refractivity contribution in [3.05, 3.63) is 70.8 Å². The summed E-state index contributed by atoms with van der Waals surface area (Å²) in [7, 11) is 1.77. The topological polar surface area (TPSA) is 176 Å². The Morgan fingerprint density at radius 3 is 2.56 bits per heavy atom. The molecule has 64 heavy (non-hydrogen) atoms. The molecule has 9 rings (SSSR count). The first-order valence-corrected chi connectivity index (χ1v) is 23.3. The molecule has 0 radical (unpaired) electrons. The number of imide groups is 1. The lowest BCUT2D eigenvalue weighted by Gasteiger charge is -2.36. The largest absolute Gasteiger partial charge is 0.391 e. The van der Waals surface area contributed by atoms with Gasteiger partial charge in [0.25, 0.3) is 6.43 Å². The molecular formula is C47H59F2N9O6. The number of aromatic nitrogens is 5. The number of Topliss-reactive ketones (excluding diaryl/α,β-unsaturated/α-hetero) is 1. The van der Waals surface area contributed by atoms with Crippen molar-refractivity contribution in [2.24, 2.45) is 11.8 Å². The summed E-state index contributed by atoms with van der Waals surface area (Å²) in [5.74, 6) is -1.20. The molecule has 4 aromatic rings. The van der Waals surface area contributed by atoms with Crippen LogP contribution in [0.1, 0.15) is 135 Å². The SMILES string of the molecule is CN1C(=O)C(C2CCC(=O)NC2=O)c2cccc(CCCOC3CCN(CC4CCC(n5cc(CC(=O)c6cnn7ccc(N[C@@H]8CCCC[C@@H]8O)nc67)c(C(F)F)n5)CC4)CC3)c21. The molecule has 0 bridgehead atoms. The number of hydrogen-bond acceptors (Lipinski definition) is 11. The summed E-state index contributed by atoms with van der Waals surface area (Å²) >= 11 is 0. The Morgan fingerprint density at radius 1 is 1.00 bits per heavy atom. The van der Waals surface area contributed by atoms with E-state index in [2.05, 4.69) is 30.7 Å². The van der Waals surface area contributed by atoms with Crippen LogP contribution in [0.25, 0.3) is 5.65 Å². The van der Waals surface area contributed by atoms with E-state index < -0.39 is 24.4 Å². The highest BCUT2D eigenvalue weighted by atomic mass is 19.3. The van der Waals surface area contributed by atoms with E-state index in [0.717, 1.165) is 113 Å². The fourth-order valence-electron chi connectivity index (χ4n) is 10.9. The van der Waals surface area contributed by atoms with E-state index in [-0.39, 0.29) is 71.4 Å². The van der Waals surface area contributed by atoms with Crippen molar-refractivity contribution in [2.45, 2.75) is 133 Å². The molecule has 3 aliphatic heterocycles. The molecule has 3 aromatic heterocycles. The second-order valence-electron chi connectivity index (χ2n) is 18.6. The fourth-order valence-corrected chi connectivity index (χ4v) is 10.9. The second kappa shape index (κ2) is 19.1. The number of aliphatic hydroxyl groups is 1. The van der Waals surface area contributed by atoms with Crippen LogP contribution in [-0.2, 0) is 32.0 Å². The summed E-state index contributed by atoms with van der Waals surface area (Å²) in [6.07, 6.45) is 12.7. The zero-order valence-electron chi connectivity index (χ0n) is 36.5. The second-order valence-corrected chi connectivity index (χ2v) is 18.6. The number of carbonyl (C=O) groups is 4. The van der Waals surface area contributed by atoms with Gasteiger partial charge in [0, 0.05) is 64.1 Å². The highest BCUT2D eigenvalue weighted by Crippen LogP contribution is 2.45. The Hall–Kier alpha value is -5.13. The molecule has 342 valence electrons. The van der Waals surface area contributed by atoms with Crippen molar-refractivity contribution < 1.29 is 37.8 Å². The summed E-state index contributed by atoms with van der Waals surface area (Å²) < 4.78 is 38.2. The van der Waals surface area contributed by atoms with Gasteiger partial charge >= 0.3 is 0 Å². The van der Waals surface area contributed by atoms with Crippen LogP contribution >= 0.6 is 0 Å². The minimum atomic E-state index is -2.81. The number of ketones is 1. The molecular weight excluding hydrogens is 825 g/mol. The van der Waals surface area contributed by atoms with Gasteiger partial charge < -0.3 is 25.0 Å². The molecule has 3 N–H and O–H groups in total. The Labute approximate surface area is 371 Å². The molecule has 1 aromatic carbocycles. The molecule has 4 fully saturated rings. The van der Waals surface area contributed by atoms with Crippen LogP contribution in [0.2, 0.25) is 0 Å². The number of aryl methyl sites for hydroxylation is 1. The minimum Gasteiger partial charge on any atom is -0.391 e. The number of piperidine rings is 2. The van der Waals surface area contributed by atoms with Gasteiger partial charge in [0.05, 0.1) is 53.6 Å². The Bertz CT molecular complexity index is 2350. The van der Waals surface area contributed by atoms with E-state index in [1.807, 2.05) is 18.2 Å². The number of halogens is 2. The van der Waals surface area contributed by atoms with Crippen LogP contribution in [-0.4, -0.2) is 109 Å².